The second-order valence-corrected chi connectivity index (χ2v) is 6.29. The fraction of sp³-hybridized carbons (Fsp3) is 0.438. The van der Waals surface area contributed by atoms with Crippen LogP contribution in [0.25, 0.3) is 0 Å². The zero-order chi connectivity index (χ0) is 17.9. The molecule has 7 nitrogen and oxygen atoms in total. The maximum absolute atomic E-state index is 12.2. The van der Waals surface area contributed by atoms with Gasteiger partial charge >= 0.3 is 10.8 Å². The third kappa shape index (κ3) is 3.94. The van der Waals surface area contributed by atoms with Crippen LogP contribution in [-0.2, 0) is 22.6 Å². The molecule has 130 valence electrons. The monoisotopic (exact) mass is 352 g/mol. The van der Waals surface area contributed by atoms with Gasteiger partial charge in [-0.2, -0.15) is 0 Å². The topological polar surface area (TPSA) is 81.8 Å². The molecule has 24 heavy (non-hydrogen) atoms. The van der Waals surface area contributed by atoms with Crippen LogP contribution < -0.4 is 4.87 Å². The van der Waals surface area contributed by atoms with Crippen molar-refractivity contribution in [2.24, 2.45) is 0 Å². The lowest BCUT2D eigenvalue weighted by Crippen LogP contribution is -2.28. The normalized spacial score (nSPS) is 10.7. The summed E-state index contributed by atoms with van der Waals surface area (Å²) in [6.45, 7) is 4.10. The van der Waals surface area contributed by atoms with Crippen molar-refractivity contribution in [3.63, 3.8) is 0 Å². The summed E-state index contributed by atoms with van der Waals surface area (Å²) in [7, 11) is 2.96. The van der Waals surface area contributed by atoms with Crippen LogP contribution in [0.15, 0.2) is 20.7 Å². The van der Waals surface area contributed by atoms with Crippen LogP contribution in [0.3, 0.4) is 0 Å². The number of rotatable bonds is 6. The molecular formula is C16H20N2O5S. The molecule has 0 aliphatic carbocycles. The Morgan fingerprint density at radius 2 is 2.08 bits per heavy atom. The molecule has 0 unspecified atom stereocenters. The highest BCUT2D eigenvalue weighted by Crippen LogP contribution is 2.17. The number of nitrogens with zero attached hydrogens (tertiary/aromatic N) is 2. The number of aromatic nitrogens is 1. The van der Waals surface area contributed by atoms with E-state index in [4.69, 9.17) is 4.42 Å². The maximum atomic E-state index is 12.2. The van der Waals surface area contributed by atoms with E-state index in [2.05, 4.69) is 4.74 Å². The number of hydrogen-bond acceptors (Lipinski definition) is 6. The Bertz CT molecular complexity index is 802. The molecule has 2 aromatic heterocycles. The minimum absolute atomic E-state index is 0.0627. The summed E-state index contributed by atoms with van der Waals surface area (Å²) in [5.74, 6) is 0.385. The van der Waals surface area contributed by atoms with Gasteiger partial charge in [0.05, 0.1) is 13.7 Å². The first-order chi connectivity index (χ1) is 11.3. The van der Waals surface area contributed by atoms with Crippen LogP contribution in [0.4, 0.5) is 0 Å². The zero-order valence-corrected chi connectivity index (χ0v) is 14.9. The fourth-order valence-corrected chi connectivity index (χ4v) is 3.09. The zero-order valence-electron chi connectivity index (χ0n) is 14.1. The van der Waals surface area contributed by atoms with Gasteiger partial charge in [0.2, 0.25) is 5.91 Å². The summed E-state index contributed by atoms with van der Waals surface area (Å²) in [6, 6.07) is 1.58. The van der Waals surface area contributed by atoms with Crippen molar-refractivity contribution in [1.82, 2.24) is 9.47 Å². The average Bonchev–Trinajstić information content (AvgIpc) is 3.07. The Hall–Kier alpha value is -2.35. The Labute approximate surface area is 143 Å². The van der Waals surface area contributed by atoms with Crippen molar-refractivity contribution < 1.29 is 18.7 Å². The van der Waals surface area contributed by atoms with Crippen LogP contribution in [0.5, 0.6) is 0 Å². The Morgan fingerprint density at radius 1 is 1.38 bits per heavy atom. The van der Waals surface area contributed by atoms with Crippen molar-refractivity contribution in [2.45, 2.75) is 33.4 Å². The molecule has 0 spiro atoms. The number of methoxy groups -OCH3 is 1. The largest absolute Gasteiger partial charge is 0.465 e. The number of hydrogen-bond donors (Lipinski definition) is 0. The molecule has 2 aromatic rings. The second kappa shape index (κ2) is 7.48. The van der Waals surface area contributed by atoms with Crippen LogP contribution in [0.2, 0.25) is 0 Å². The van der Waals surface area contributed by atoms with Crippen LogP contribution in [0, 0.1) is 13.8 Å². The molecule has 1 amide bonds. The number of amides is 1. The first-order valence-electron chi connectivity index (χ1n) is 7.40. The highest BCUT2D eigenvalue weighted by molar-refractivity contribution is 7.07. The molecule has 8 heteroatoms. The predicted octanol–water partition coefficient (Wildman–Crippen LogP) is 1.95. The van der Waals surface area contributed by atoms with E-state index in [0.717, 1.165) is 17.0 Å². The Balaban J connectivity index is 1.97. The van der Waals surface area contributed by atoms with Crippen LogP contribution in [-0.4, -0.2) is 35.5 Å². The summed E-state index contributed by atoms with van der Waals surface area (Å²) in [6.07, 6.45) is 0.220. The molecule has 0 fully saturated rings. The van der Waals surface area contributed by atoms with Gasteiger partial charge in [-0.1, -0.05) is 11.3 Å². The molecule has 0 aliphatic rings. The van der Waals surface area contributed by atoms with E-state index >= 15 is 0 Å². The van der Waals surface area contributed by atoms with E-state index in [1.807, 2.05) is 6.92 Å². The Kier molecular flexibility index (Phi) is 5.61. The predicted molar refractivity (Wildman–Crippen MR) is 89.2 cm³/mol. The number of esters is 1. The van der Waals surface area contributed by atoms with Gasteiger partial charge in [0, 0.05) is 31.1 Å². The number of thiazole rings is 1. The molecule has 0 aliphatic heterocycles. The third-order valence-corrected chi connectivity index (χ3v) is 4.60. The van der Waals surface area contributed by atoms with E-state index in [1.165, 1.54) is 12.0 Å². The van der Waals surface area contributed by atoms with Gasteiger partial charge in [0.1, 0.15) is 17.1 Å². The van der Waals surface area contributed by atoms with Gasteiger partial charge in [0.25, 0.3) is 0 Å². The molecular weight excluding hydrogens is 332 g/mol. The second-order valence-electron chi connectivity index (χ2n) is 5.47. The van der Waals surface area contributed by atoms with Crippen LogP contribution in [0.1, 0.15) is 34.0 Å². The number of ether oxygens (including phenoxy) is 1. The molecule has 2 heterocycles. The van der Waals surface area contributed by atoms with Crippen molar-refractivity contribution in [2.75, 3.05) is 14.2 Å². The number of carbonyl (C=O) groups excluding carboxylic acids is 2. The van der Waals surface area contributed by atoms with Gasteiger partial charge in [-0.25, -0.2) is 4.79 Å². The Morgan fingerprint density at radius 3 is 2.67 bits per heavy atom. The average molecular weight is 352 g/mol. The summed E-state index contributed by atoms with van der Waals surface area (Å²) in [5, 5.41) is 1.77. The highest BCUT2D eigenvalue weighted by Gasteiger charge is 2.18. The maximum Gasteiger partial charge on any atom is 0.341 e. The summed E-state index contributed by atoms with van der Waals surface area (Å²) >= 11 is 1.13. The molecule has 0 radical (unpaired) electrons. The minimum atomic E-state index is -0.469. The van der Waals surface area contributed by atoms with Gasteiger partial charge in [0.15, 0.2) is 0 Å². The van der Waals surface area contributed by atoms with E-state index < -0.39 is 5.97 Å². The molecule has 0 N–H and O–H groups in total. The number of furan rings is 1. The molecule has 0 saturated carbocycles. The standard InChI is InChI=1S/C16H20N2O5S/c1-10-9-24-16(21)18(10)6-5-14(19)17(3)8-12-7-13(11(2)23-12)15(20)22-4/h7,9H,5-6,8H2,1-4H3. The number of aryl methyl sites for hydroxylation is 2. The van der Waals surface area contributed by atoms with E-state index in [-0.39, 0.29) is 23.7 Å². The minimum Gasteiger partial charge on any atom is -0.465 e. The quantitative estimate of drug-likeness (QED) is 0.742. The van der Waals surface area contributed by atoms with Gasteiger partial charge < -0.3 is 18.6 Å². The molecule has 2 rings (SSSR count). The van der Waals surface area contributed by atoms with Gasteiger partial charge in [-0.3, -0.25) is 9.59 Å². The first-order valence-corrected chi connectivity index (χ1v) is 8.28. The summed E-state index contributed by atoms with van der Waals surface area (Å²) < 4.78 is 11.8. The van der Waals surface area contributed by atoms with Gasteiger partial charge in [-0.15, -0.1) is 0 Å². The SMILES string of the molecule is COC(=O)c1cc(CN(C)C(=O)CCn2c(C)csc2=O)oc1C. The first kappa shape index (κ1) is 18.0. The highest BCUT2D eigenvalue weighted by atomic mass is 32.1. The molecule has 0 atom stereocenters. The lowest BCUT2D eigenvalue weighted by atomic mass is 10.2. The van der Waals surface area contributed by atoms with E-state index in [1.54, 1.807) is 30.0 Å². The summed E-state index contributed by atoms with van der Waals surface area (Å²) in [5.41, 5.74) is 1.21. The summed E-state index contributed by atoms with van der Waals surface area (Å²) in [4.78, 5) is 36.9. The van der Waals surface area contributed by atoms with Crippen molar-refractivity contribution in [1.29, 1.82) is 0 Å². The molecule has 0 saturated heterocycles. The smallest absolute Gasteiger partial charge is 0.341 e. The van der Waals surface area contributed by atoms with Crippen molar-refractivity contribution >= 4 is 23.2 Å². The number of carbonyl (C=O) groups is 2. The van der Waals surface area contributed by atoms with E-state index in [0.29, 0.717) is 23.6 Å². The third-order valence-electron chi connectivity index (χ3n) is 3.72. The molecule has 0 aromatic carbocycles. The lowest BCUT2D eigenvalue weighted by molar-refractivity contribution is -0.130. The van der Waals surface area contributed by atoms with Crippen molar-refractivity contribution in [3.05, 3.63) is 43.9 Å². The van der Waals surface area contributed by atoms with Crippen LogP contribution >= 0.6 is 11.3 Å². The van der Waals surface area contributed by atoms with Crippen molar-refractivity contribution in [3.8, 4) is 0 Å². The van der Waals surface area contributed by atoms with E-state index in [9.17, 15) is 14.4 Å². The molecule has 0 bridgehead atoms. The van der Waals surface area contributed by atoms with Gasteiger partial charge in [-0.05, 0) is 19.9 Å². The lowest BCUT2D eigenvalue weighted by Gasteiger charge is -2.16. The fourth-order valence-electron chi connectivity index (χ4n) is 2.33.